The molecule has 1 aromatic rings. The van der Waals surface area contributed by atoms with Gasteiger partial charge >= 0.3 is 0 Å². The third-order valence-electron chi connectivity index (χ3n) is 3.42. The summed E-state index contributed by atoms with van der Waals surface area (Å²) in [4.78, 5) is 14.1. The van der Waals surface area contributed by atoms with Gasteiger partial charge in [-0.05, 0) is 43.7 Å². The maximum Gasteiger partial charge on any atom is 0.233 e. The molecule has 2 rings (SSSR count). The smallest absolute Gasteiger partial charge is 0.233 e. The fourth-order valence-electron chi connectivity index (χ4n) is 2.57. The van der Waals surface area contributed by atoms with Crippen molar-refractivity contribution in [2.24, 2.45) is 0 Å². The third-order valence-corrected chi connectivity index (χ3v) is 3.95. The van der Waals surface area contributed by atoms with E-state index >= 15 is 0 Å². The van der Waals surface area contributed by atoms with Gasteiger partial charge in [-0.3, -0.25) is 4.79 Å². The van der Waals surface area contributed by atoms with Crippen molar-refractivity contribution in [1.29, 1.82) is 0 Å². The lowest BCUT2D eigenvalue weighted by Crippen LogP contribution is -2.31. The molecule has 19 heavy (non-hydrogen) atoms. The molecule has 1 atom stereocenters. The highest BCUT2D eigenvalue weighted by atomic mass is 32.2. The minimum atomic E-state index is 0.246. The fraction of sp³-hybridized carbons (Fsp3) is 0.533. The van der Waals surface area contributed by atoms with E-state index in [4.69, 9.17) is 4.74 Å². The Hall–Kier alpha value is -1.16. The second-order valence-electron chi connectivity index (χ2n) is 4.68. The Morgan fingerprint density at radius 1 is 1.42 bits per heavy atom. The molecule has 0 aromatic heterocycles. The van der Waals surface area contributed by atoms with E-state index in [2.05, 4.69) is 12.1 Å². The molecular formula is C15H21NO2S. The number of benzene rings is 1. The molecule has 104 valence electrons. The van der Waals surface area contributed by atoms with Crippen LogP contribution in [0.15, 0.2) is 24.3 Å². The maximum absolute atomic E-state index is 12.1. The van der Waals surface area contributed by atoms with Gasteiger partial charge in [0.05, 0.1) is 18.4 Å². The SMILES string of the molecule is CCOc1ccc(C2CCCN2C(=O)CSC)cc1. The van der Waals surface area contributed by atoms with Crippen molar-refractivity contribution in [3.8, 4) is 5.75 Å². The van der Waals surface area contributed by atoms with Crippen LogP contribution in [-0.4, -0.2) is 36.0 Å². The van der Waals surface area contributed by atoms with E-state index in [1.807, 2.05) is 30.2 Å². The van der Waals surface area contributed by atoms with E-state index < -0.39 is 0 Å². The van der Waals surface area contributed by atoms with E-state index in [1.54, 1.807) is 11.8 Å². The molecule has 0 aliphatic carbocycles. The highest BCUT2D eigenvalue weighted by molar-refractivity contribution is 7.99. The first kappa shape index (κ1) is 14.3. The van der Waals surface area contributed by atoms with Gasteiger partial charge in [0.25, 0.3) is 0 Å². The number of carbonyl (C=O) groups excluding carboxylic acids is 1. The summed E-state index contributed by atoms with van der Waals surface area (Å²) >= 11 is 1.59. The topological polar surface area (TPSA) is 29.5 Å². The predicted octanol–water partition coefficient (Wildman–Crippen LogP) is 3.11. The van der Waals surface area contributed by atoms with Crippen LogP contribution in [0.2, 0.25) is 0 Å². The van der Waals surface area contributed by atoms with E-state index in [0.717, 1.165) is 25.1 Å². The Labute approximate surface area is 119 Å². The average Bonchev–Trinajstić information content (AvgIpc) is 2.89. The number of likely N-dealkylation sites (tertiary alicyclic amines) is 1. The molecule has 4 heteroatoms. The first-order valence-electron chi connectivity index (χ1n) is 6.77. The van der Waals surface area contributed by atoms with Crippen LogP contribution in [0.4, 0.5) is 0 Å². The lowest BCUT2D eigenvalue weighted by molar-refractivity contribution is -0.129. The van der Waals surface area contributed by atoms with Crippen molar-refractivity contribution >= 4 is 17.7 Å². The van der Waals surface area contributed by atoms with Crippen LogP contribution >= 0.6 is 11.8 Å². The van der Waals surface area contributed by atoms with Gasteiger partial charge in [0, 0.05) is 6.54 Å². The summed E-state index contributed by atoms with van der Waals surface area (Å²) in [7, 11) is 0. The second-order valence-corrected chi connectivity index (χ2v) is 5.55. The summed E-state index contributed by atoms with van der Waals surface area (Å²) in [6.45, 7) is 3.55. The molecule has 1 saturated heterocycles. The van der Waals surface area contributed by atoms with Gasteiger partial charge in [0.15, 0.2) is 0 Å². The number of amides is 1. The van der Waals surface area contributed by atoms with Gasteiger partial charge in [0.2, 0.25) is 5.91 Å². The zero-order valence-corrected chi connectivity index (χ0v) is 12.4. The van der Waals surface area contributed by atoms with Crippen LogP contribution in [0.5, 0.6) is 5.75 Å². The average molecular weight is 279 g/mol. The van der Waals surface area contributed by atoms with E-state index in [9.17, 15) is 4.79 Å². The molecule has 0 spiro atoms. The van der Waals surface area contributed by atoms with Gasteiger partial charge in [-0.25, -0.2) is 0 Å². The summed E-state index contributed by atoms with van der Waals surface area (Å²) in [5.41, 5.74) is 1.22. The van der Waals surface area contributed by atoms with Gasteiger partial charge in [-0.2, -0.15) is 11.8 Å². The molecule has 1 amide bonds. The molecule has 0 saturated carbocycles. The fourth-order valence-corrected chi connectivity index (χ4v) is 2.98. The van der Waals surface area contributed by atoms with Crippen LogP contribution in [0.3, 0.4) is 0 Å². The number of nitrogens with zero attached hydrogens (tertiary/aromatic N) is 1. The Kier molecular flexibility index (Phi) is 5.14. The van der Waals surface area contributed by atoms with Crippen LogP contribution in [0.25, 0.3) is 0 Å². The molecule has 1 aliphatic heterocycles. The van der Waals surface area contributed by atoms with Crippen molar-refractivity contribution in [3.05, 3.63) is 29.8 Å². The van der Waals surface area contributed by atoms with Crippen molar-refractivity contribution in [2.75, 3.05) is 25.2 Å². The minimum Gasteiger partial charge on any atom is -0.494 e. The number of ether oxygens (including phenoxy) is 1. The van der Waals surface area contributed by atoms with Crippen LogP contribution in [0.1, 0.15) is 31.4 Å². The van der Waals surface area contributed by atoms with E-state index in [1.165, 1.54) is 5.56 Å². The quantitative estimate of drug-likeness (QED) is 0.829. The van der Waals surface area contributed by atoms with Gasteiger partial charge in [-0.1, -0.05) is 12.1 Å². The third kappa shape index (κ3) is 3.44. The summed E-state index contributed by atoms with van der Waals surface area (Å²) in [5.74, 6) is 1.73. The number of carbonyl (C=O) groups is 1. The van der Waals surface area contributed by atoms with E-state index in [-0.39, 0.29) is 11.9 Å². The number of hydrogen-bond donors (Lipinski definition) is 0. The van der Waals surface area contributed by atoms with Gasteiger partial charge < -0.3 is 9.64 Å². The number of hydrogen-bond acceptors (Lipinski definition) is 3. The monoisotopic (exact) mass is 279 g/mol. The summed E-state index contributed by atoms with van der Waals surface area (Å²) in [6.07, 6.45) is 4.13. The van der Waals surface area contributed by atoms with Crippen LogP contribution < -0.4 is 4.74 Å². The van der Waals surface area contributed by atoms with Gasteiger partial charge in [0.1, 0.15) is 5.75 Å². The molecular weight excluding hydrogens is 258 g/mol. The number of thioether (sulfide) groups is 1. The van der Waals surface area contributed by atoms with Crippen molar-refractivity contribution in [2.45, 2.75) is 25.8 Å². The normalized spacial score (nSPS) is 18.6. The zero-order valence-electron chi connectivity index (χ0n) is 11.6. The molecule has 0 bridgehead atoms. The molecule has 1 heterocycles. The maximum atomic E-state index is 12.1. The molecule has 3 nitrogen and oxygen atoms in total. The summed E-state index contributed by atoms with van der Waals surface area (Å²) < 4.78 is 5.45. The summed E-state index contributed by atoms with van der Waals surface area (Å²) in [6, 6.07) is 8.40. The molecule has 0 N–H and O–H groups in total. The van der Waals surface area contributed by atoms with Crippen LogP contribution in [0, 0.1) is 0 Å². The zero-order chi connectivity index (χ0) is 13.7. The molecule has 1 aliphatic rings. The van der Waals surface area contributed by atoms with Crippen molar-refractivity contribution in [3.63, 3.8) is 0 Å². The van der Waals surface area contributed by atoms with Crippen molar-refractivity contribution < 1.29 is 9.53 Å². The lowest BCUT2D eigenvalue weighted by atomic mass is 10.0. The largest absolute Gasteiger partial charge is 0.494 e. The van der Waals surface area contributed by atoms with Crippen LogP contribution in [-0.2, 0) is 4.79 Å². The Bertz CT molecular complexity index is 419. The van der Waals surface area contributed by atoms with Gasteiger partial charge in [-0.15, -0.1) is 0 Å². The predicted molar refractivity (Wildman–Crippen MR) is 79.7 cm³/mol. The Balaban J connectivity index is 2.09. The standard InChI is InChI=1S/C15H21NO2S/c1-3-18-13-8-6-12(7-9-13)14-5-4-10-16(14)15(17)11-19-2/h6-9,14H,3-5,10-11H2,1-2H3. The summed E-state index contributed by atoms with van der Waals surface area (Å²) in [5, 5.41) is 0. The highest BCUT2D eigenvalue weighted by Gasteiger charge is 2.29. The first-order valence-corrected chi connectivity index (χ1v) is 8.16. The molecule has 1 unspecified atom stereocenters. The van der Waals surface area contributed by atoms with E-state index in [0.29, 0.717) is 12.4 Å². The number of rotatable bonds is 5. The molecule has 1 fully saturated rings. The Morgan fingerprint density at radius 2 is 2.16 bits per heavy atom. The second kappa shape index (κ2) is 6.85. The molecule has 1 aromatic carbocycles. The Morgan fingerprint density at radius 3 is 2.79 bits per heavy atom. The first-order chi connectivity index (χ1) is 9.26. The highest BCUT2D eigenvalue weighted by Crippen LogP contribution is 2.33. The minimum absolute atomic E-state index is 0.246. The lowest BCUT2D eigenvalue weighted by Gasteiger charge is -2.25. The molecule has 0 radical (unpaired) electrons. The van der Waals surface area contributed by atoms with Crippen molar-refractivity contribution in [1.82, 2.24) is 4.90 Å².